The van der Waals surface area contributed by atoms with Gasteiger partial charge in [-0.25, -0.2) is 4.98 Å². The van der Waals surface area contributed by atoms with E-state index in [4.69, 9.17) is 15.9 Å². The van der Waals surface area contributed by atoms with Crippen LogP contribution < -0.4 is 10.5 Å². The molecule has 2 aromatic rings. The van der Waals surface area contributed by atoms with Gasteiger partial charge in [-0.1, -0.05) is 0 Å². The van der Waals surface area contributed by atoms with Gasteiger partial charge >= 0.3 is 6.18 Å². The summed E-state index contributed by atoms with van der Waals surface area (Å²) in [5.74, 6) is 0.361. The van der Waals surface area contributed by atoms with Gasteiger partial charge in [-0.05, 0) is 30.3 Å². The molecule has 0 saturated carbocycles. The molecular formula is C13H10F3N3O. The molecule has 0 aliphatic carbocycles. The summed E-state index contributed by atoms with van der Waals surface area (Å²) >= 11 is 0. The van der Waals surface area contributed by atoms with E-state index in [-0.39, 0.29) is 11.7 Å². The van der Waals surface area contributed by atoms with Crippen molar-refractivity contribution in [2.75, 3.05) is 0 Å². The Bertz CT molecular complexity index is 606. The third-order valence-corrected chi connectivity index (χ3v) is 2.45. The first-order valence-corrected chi connectivity index (χ1v) is 5.52. The second-order valence-electron chi connectivity index (χ2n) is 3.92. The minimum Gasteiger partial charge on any atom is -0.439 e. The maximum atomic E-state index is 12.4. The van der Waals surface area contributed by atoms with E-state index in [0.29, 0.717) is 17.5 Å². The third-order valence-electron chi connectivity index (χ3n) is 2.45. The van der Waals surface area contributed by atoms with E-state index in [1.807, 2.05) is 0 Å². The first-order chi connectivity index (χ1) is 9.36. The number of nitrogens with zero attached hydrogens (tertiary/aromatic N) is 1. The van der Waals surface area contributed by atoms with Gasteiger partial charge in [0.1, 0.15) is 11.6 Å². The number of nitrogens with two attached hydrogens (primary N) is 1. The SMILES string of the molecule is N=C(N)c1ccc(Oc2ccc(C(F)(F)F)cn2)cc1. The van der Waals surface area contributed by atoms with Crippen LogP contribution in [0.4, 0.5) is 13.2 Å². The topological polar surface area (TPSA) is 72.0 Å². The summed E-state index contributed by atoms with van der Waals surface area (Å²) in [5, 5.41) is 7.23. The molecular weight excluding hydrogens is 271 g/mol. The number of alkyl halides is 3. The molecule has 20 heavy (non-hydrogen) atoms. The van der Waals surface area contributed by atoms with E-state index in [1.165, 1.54) is 0 Å². The molecule has 0 amide bonds. The molecule has 0 radical (unpaired) electrons. The number of halogens is 3. The summed E-state index contributed by atoms with van der Waals surface area (Å²) in [7, 11) is 0. The Hall–Kier alpha value is -2.57. The minimum atomic E-state index is -4.42. The predicted octanol–water partition coefficient (Wildman–Crippen LogP) is 3.18. The number of pyridine rings is 1. The average Bonchev–Trinajstić information content (AvgIpc) is 2.39. The van der Waals surface area contributed by atoms with Crippen LogP contribution >= 0.6 is 0 Å². The summed E-state index contributed by atoms with van der Waals surface area (Å²) in [6.45, 7) is 0. The van der Waals surface area contributed by atoms with Gasteiger partial charge in [0.25, 0.3) is 0 Å². The van der Waals surface area contributed by atoms with Crippen LogP contribution in [0.15, 0.2) is 42.6 Å². The van der Waals surface area contributed by atoms with Gasteiger partial charge in [-0.15, -0.1) is 0 Å². The van der Waals surface area contributed by atoms with Crippen molar-refractivity contribution in [3.05, 3.63) is 53.7 Å². The molecule has 2 rings (SSSR count). The van der Waals surface area contributed by atoms with E-state index >= 15 is 0 Å². The monoisotopic (exact) mass is 281 g/mol. The van der Waals surface area contributed by atoms with Crippen LogP contribution in [0.25, 0.3) is 0 Å². The Morgan fingerprint density at radius 3 is 2.20 bits per heavy atom. The second kappa shape index (κ2) is 5.20. The molecule has 0 aliphatic rings. The zero-order chi connectivity index (χ0) is 14.8. The fourth-order valence-electron chi connectivity index (χ4n) is 1.43. The lowest BCUT2D eigenvalue weighted by molar-refractivity contribution is -0.137. The van der Waals surface area contributed by atoms with Crippen molar-refractivity contribution in [3.63, 3.8) is 0 Å². The second-order valence-corrected chi connectivity index (χ2v) is 3.92. The van der Waals surface area contributed by atoms with Crippen LogP contribution in [0.2, 0.25) is 0 Å². The van der Waals surface area contributed by atoms with Crippen molar-refractivity contribution < 1.29 is 17.9 Å². The molecule has 1 heterocycles. The van der Waals surface area contributed by atoms with Crippen molar-refractivity contribution in [3.8, 4) is 11.6 Å². The standard InChI is InChI=1S/C13H10F3N3O/c14-13(15,16)9-3-6-11(19-7-9)20-10-4-1-8(2-5-10)12(17)18/h1-7H,(H3,17,18). The van der Waals surface area contributed by atoms with Crippen molar-refractivity contribution in [2.45, 2.75) is 6.18 Å². The normalized spacial score (nSPS) is 11.2. The van der Waals surface area contributed by atoms with Crippen LogP contribution in [-0.2, 0) is 6.18 Å². The number of benzene rings is 1. The number of hydrogen-bond acceptors (Lipinski definition) is 3. The highest BCUT2D eigenvalue weighted by Gasteiger charge is 2.30. The Labute approximate surface area is 112 Å². The first kappa shape index (κ1) is 13.9. The molecule has 0 unspecified atom stereocenters. The van der Waals surface area contributed by atoms with Crippen molar-refractivity contribution >= 4 is 5.84 Å². The number of aromatic nitrogens is 1. The Kier molecular flexibility index (Phi) is 3.60. The number of rotatable bonds is 3. The zero-order valence-corrected chi connectivity index (χ0v) is 10.1. The minimum absolute atomic E-state index is 0.0496. The Morgan fingerprint density at radius 2 is 1.75 bits per heavy atom. The van der Waals surface area contributed by atoms with Crippen molar-refractivity contribution in [1.29, 1.82) is 5.41 Å². The molecule has 7 heteroatoms. The van der Waals surface area contributed by atoms with Crippen LogP contribution in [0.5, 0.6) is 11.6 Å². The molecule has 3 N–H and O–H groups in total. The van der Waals surface area contributed by atoms with Crippen LogP contribution in [0.1, 0.15) is 11.1 Å². The molecule has 0 atom stereocenters. The number of nitrogen functional groups attached to an aromatic ring is 1. The van der Waals surface area contributed by atoms with Gasteiger partial charge in [0.15, 0.2) is 0 Å². The number of amidine groups is 1. The fourth-order valence-corrected chi connectivity index (χ4v) is 1.43. The molecule has 4 nitrogen and oxygen atoms in total. The lowest BCUT2D eigenvalue weighted by atomic mass is 10.2. The van der Waals surface area contributed by atoms with Crippen LogP contribution in [-0.4, -0.2) is 10.8 Å². The van der Waals surface area contributed by atoms with Gasteiger partial charge in [0.05, 0.1) is 5.56 Å². The Morgan fingerprint density at radius 1 is 1.10 bits per heavy atom. The maximum absolute atomic E-state index is 12.4. The number of hydrogen-bond donors (Lipinski definition) is 2. The van der Waals surface area contributed by atoms with Gasteiger partial charge in [-0.3, -0.25) is 5.41 Å². The average molecular weight is 281 g/mol. The Balaban J connectivity index is 2.12. The molecule has 0 bridgehead atoms. The summed E-state index contributed by atoms with van der Waals surface area (Å²) in [4.78, 5) is 3.59. The van der Waals surface area contributed by atoms with Crippen LogP contribution in [0, 0.1) is 5.41 Å². The van der Waals surface area contributed by atoms with E-state index in [9.17, 15) is 13.2 Å². The maximum Gasteiger partial charge on any atom is 0.417 e. The van der Waals surface area contributed by atoms with Crippen molar-refractivity contribution in [2.24, 2.45) is 5.73 Å². The lowest BCUT2D eigenvalue weighted by Crippen LogP contribution is -2.10. The van der Waals surface area contributed by atoms with Gasteiger partial charge in [-0.2, -0.15) is 13.2 Å². The number of ether oxygens (including phenoxy) is 1. The molecule has 1 aromatic heterocycles. The van der Waals surface area contributed by atoms with Crippen molar-refractivity contribution in [1.82, 2.24) is 4.98 Å². The fraction of sp³-hybridized carbons (Fsp3) is 0.0769. The molecule has 0 fully saturated rings. The molecule has 0 spiro atoms. The summed E-state index contributed by atoms with van der Waals surface area (Å²) < 4.78 is 42.4. The largest absolute Gasteiger partial charge is 0.439 e. The summed E-state index contributed by atoms with van der Waals surface area (Å²) in [6.07, 6.45) is -3.71. The quantitative estimate of drug-likeness (QED) is 0.670. The lowest BCUT2D eigenvalue weighted by Gasteiger charge is -2.08. The zero-order valence-electron chi connectivity index (χ0n) is 10.1. The smallest absolute Gasteiger partial charge is 0.417 e. The summed E-state index contributed by atoms with van der Waals surface area (Å²) in [6, 6.07) is 8.28. The molecule has 0 saturated heterocycles. The predicted molar refractivity (Wildman–Crippen MR) is 66.8 cm³/mol. The van der Waals surface area contributed by atoms with Gasteiger partial charge in [0.2, 0.25) is 5.88 Å². The van der Waals surface area contributed by atoms with E-state index in [2.05, 4.69) is 4.98 Å². The third kappa shape index (κ3) is 3.25. The first-order valence-electron chi connectivity index (χ1n) is 5.52. The highest BCUT2D eigenvalue weighted by Crippen LogP contribution is 2.30. The highest BCUT2D eigenvalue weighted by molar-refractivity contribution is 5.94. The van der Waals surface area contributed by atoms with E-state index < -0.39 is 11.7 Å². The summed E-state index contributed by atoms with van der Waals surface area (Å²) in [5.41, 5.74) is 4.99. The van der Waals surface area contributed by atoms with E-state index in [0.717, 1.165) is 12.1 Å². The van der Waals surface area contributed by atoms with Gasteiger partial charge < -0.3 is 10.5 Å². The molecule has 104 valence electrons. The van der Waals surface area contributed by atoms with Gasteiger partial charge in [0, 0.05) is 17.8 Å². The number of nitrogens with one attached hydrogen (secondary N) is 1. The van der Waals surface area contributed by atoms with E-state index in [1.54, 1.807) is 24.3 Å². The molecule has 1 aromatic carbocycles. The van der Waals surface area contributed by atoms with Crippen LogP contribution in [0.3, 0.4) is 0 Å². The highest BCUT2D eigenvalue weighted by atomic mass is 19.4. The molecule has 0 aliphatic heterocycles.